The molecule has 0 saturated carbocycles. The lowest BCUT2D eigenvalue weighted by atomic mass is 10.1. The Bertz CT molecular complexity index is 626. The number of hydrogen-bond acceptors (Lipinski definition) is 4. The molecule has 0 aliphatic carbocycles. The number of carbonyl (C=O) groups is 1. The monoisotopic (exact) mass is 313 g/mol. The molecule has 0 bridgehead atoms. The summed E-state index contributed by atoms with van der Waals surface area (Å²) in [5, 5.41) is 6.62. The molecule has 0 fully saturated rings. The van der Waals surface area contributed by atoms with Crippen molar-refractivity contribution in [3.63, 3.8) is 0 Å². The number of hydrogen-bond donors (Lipinski definition) is 1. The molecule has 0 spiro atoms. The van der Waals surface area contributed by atoms with Crippen molar-refractivity contribution in [2.75, 3.05) is 5.32 Å². The highest BCUT2D eigenvalue weighted by molar-refractivity contribution is 6.43. The summed E-state index contributed by atoms with van der Waals surface area (Å²) in [6.45, 7) is 4.10. The molecular weight excluding hydrogens is 301 g/mol. The molecular formula is C13H13Cl2N3O2. The first-order chi connectivity index (χ1) is 9.49. The summed E-state index contributed by atoms with van der Waals surface area (Å²) in [5.41, 5.74) is 0.788. The van der Waals surface area contributed by atoms with Gasteiger partial charge in [0, 0.05) is 12.6 Å². The van der Waals surface area contributed by atoms with Crippen LogP contribution in [-0.4, -0.2) is 16.0 Å². The molecule has 5 nitrogen and oxygen atoms in total. The molecule has 0 radical (unpaired) electrons. The zero-order valence-electron chi connectivity index (χ0n) is 11.0. The van der Waals surface area contributed by atoms with E-state index in [1.54, 1.807) is 0 Å². The van der Waals surface area contributed by atoms with Crippen LogP contribution in [0.2, 0.25) is 10.2 Å². The average Bonchev–Trinajstić information content (AvgIpc) is 2.79. The fourth-order valence-corrected chi connectivity index (χ4v) is 2.02. The minimum atomic E-state index is -0.382. The summed E-state index contributed by atoms with van der Waals surface area (Å²) >= 11 is 11.7. The van der Waals surface area contributed by atoms with Crippen molar-refractivity contribution in [1.82, 2.24) is 10.1 Å². The minimum absolute atomic E-state index is 0.0899. The fraction of sp³-hybridized carbons (Fsp3) is 0.308. The second kappa shape index (κ2) is 6.24. The molecule has 0 aliphatic rings. The highest BCUT2D eigenvalue weighted by Crippen LogP contribution is 2.25. The van der Waals surface area contributed by atoms with Crippen LogP contribution >= 0.6 is 23.2 Å². The smallest absolute Gasteiger partial charge is 0.257 e. The van der Waals surface area contributed by atoms with Crippen LogP contribution in [0.5, 0.6) is 0 Å². The van der Waals surface area contributed by atoms with E-state index in [0.29, 0.717) is 23.8 Å². The zero-order valence-corrected chi connectivity index (χ0v) is 12.5. The molecule has 2 rings (SSSR count). The van der Waals surface area contributed by atoms with Gasteiger partial charge in [-0.25, -0.2) is 4.98 Å². The molecule has 7 heteroatoms. The lowest BCUT2D eigenvalue weighted by molar-refractivity contribution is 0.102. The predicted octanol–water partition coefficient (Wildman–Crippen LogP) is 3.83. The highest BCUT2D eigenvalue weighted by atomic mass is 35.5. The summed E-state index contributed by atoms with van der Waals surface area (Å²) < 4.78 is 5.13. The summed E-state index contributed by atoms with van der Waals surface area (Å²) in [6.07, 6.45) is 3.57. The van der Waals surface area contributed by atoms with Gasteiger partial charge >= 0.3 is 0 Å². The van der Waals surface area contributed by atoms with Crippen molar-refractivity contribution in [2.45, 2.75) is 20.3 Å². The van der Waals surface area contributed by atoms with E-state index in [9.17, 15) is 4.79 Å². The van der Waals surface area contributed by atoms with Crippen molar-refractivity contribution in [1.29, 1.82) is 0 Å². The van der Waals surface area contributed by atoms with E-state index >= 15 is 0 Å². The van der Waals surface area contributed by atoms with Crippen molar-refractivity contribution in [3.05, 3.63) is 40.0 Å². The van der Waals surface area contributed by atoms with Gasteiger partial charge in [0.2, 0.25) is 0 Å². The van der Waals surface area contributed by atoms with E-state index < -0.39 is 0 Å². The first kappa shape index (κ1) is 14.8. The van der Waals surface area contributed by atoms with Gasteiger partial charge in [-0.3, -0.25) is 4.79 Å². The van der Waals surface area contributed by atoms with E-state index in [0.717, 1.165) is 0 Å². The molecule has 0 unspecified atom stereocenters. The molecule has 0 aliphatic heterocycles. The third-order valence-electron chi connectivity index (χ3n) is 2.58. The van der Waals surface area contributed by atoms with Gasteiger partial charge in [0.05, 0.1) is 16.8 Å². The third kappa shape index (κ3) is 3.29. The summed E-state index contributed by atoms with van der Waals surface area (Å²) in [5.74, 6) is 0.634. The maximum atomic E-state index is 12.2. The molecule has 2 heterocycles. The predicted molar refractivity (Wildman–Crippen MR) is 77.3 cm³/mol. The van der Waals surface area contributed by atoms with Crippen LogP contribution in [0.25, 0.3) is 0 Å². The van der Waals surface area contributed by atoms with Gasteiger partial charge < -0.3 is 9.84 Å². The Kier molecular flexibility index (Phi) is 4.62. The topological polar surface area (TPSA) is 68.0 Å². The third-order valence-corrected chi connectivity index (χ3v) is 3.34. The van der Waals surface area contributed by atoms with E-state index in [4.69, 9.17) is 27.7 Å². The van der Waals surface area contributed by atoms with Crippen LogP contribution in [0.4, 0.5) is 5.69 Å². The largest absolute Gasteiger partial charge is 0.359 e. The van der Waals surface area contributed by atoms with Gasteiger partial charge in [0.25, 0.3) is 5.91 Å². The van der Waals surface area contributed by atoms with Gasteiger partial charge in [-0.2, -0.15) is 0 Å². The number of rotatable bonds is 4. The number of aromatic nitrogens is 2. The van der Waals surface area contributed by atoms with Gasteiger partial charge in [-0.15, -0.1) is 0 Å². The van der Waals surface area contributed by atoms with Crippen LogP contribution < -0.4 is 5.32 Å². The molecule has 2 aromatic rings. The molecule has 1 N–H and O–H groups in total. The number of amides is 1. The second-order valence-corrected chi connectivity index (χ2v) is 5.41. The Labute approximate surface area is 126 Å². The Morgan fingerprint density at radius 3 is 2.90 bits per heavy atom. The van der Waals surface area contributed by atoms with Crippen LogP contribution in [0.1, 0.15) is 30.0 Å². The SMILES string of the molecule is CC(C)Cc1oncc1NC(=O)c1ccnc(Cl)c1Cl. The summed E-state index contributed by atoms with van der Waals surface area (Å²) in [7, 11) is 0. The minimum Gasteiger partial charge on any atom is -0.359 e. The van der Waals surface area contributed by atoms with Crippen molar-refractivity contribution < 1.29 is 9.32 Å². The summed E-state index contributed by atoms with van der Waals surface area (Å²) in [4.78, 5) is 16.0. The Morgan fingerprint density at radius 1 is 1.45 bits per heavy atom. The first-order valence-electron chi connectivity index (χ1n) is 6.04. The van der Waals surface area contributed by atoms with Gasteiger partial charge in [-0.05, 0) is 12.0 Å². The van der Waals surface area contributed by atoms with Crippen LogP contribution in [0.15, 0.2) is 23.0 Å². The van der Waals surface area contributed by atoms with Crippen molar-refractivity contribution >= 4 is 34.8 Å². The van der Waals surface area contributed by atoms with Crippen LogP contribution in [-0.2, 0) is 6.42 Å². The Morgan fingerprint density at radius 2 is 2.20 bits per heavy atom. The Balaban J connectivity index is 2.20. The fourth-order valence-electron chi connectivity index (χ4n) is 1.67. The average molecular weight is 314 g/mol. The molecule has 2 aromatic heterocycles. The molecule has 106 valence electrons. The van der Waals surface area contributed by atoms with E-state index in [1.807, 2.05) is 13.8 Å². The molecule has 1 amide bonds. The Hall–Kier alpha value is -1.59. The van der Waals surface area contributed by atoms with Crippen molar-refractivity contribution in [3.8, 4) is 0 Å². The van der Waals surface area contributed by atoms with Gasteiger partial charge in [0.1, 0.15) is 10.8 Å². The molecule has 20 heavy (non-hydrogen) atoms. The number of nitrogens with zero attached hydrogens (tertiary/aromatic N) is 2. The molecule has 0 aromatic carbocycles. The van der Waals surface area contributed by atoms with E-state index in [2.05, 4.69) is 15.5 Å². The van der Waals surface area contributed by atoms with Gasteiger partial charge in [0.15, 0.2) is 5.76 Å². The number of pyridine rings is 1. The van der Waals surface area contributed by atoms with Crippen LogP contribution in [0, 0.1) is 5.92 Å². The standard InChI is InChI=1S/C13H13Cl2N3O2/c1-7(2)5-10-9(6-17-20-10)18-13(19)8-3-4-16-12(15)11(8)14/h3-4,6-7H,5H2,1-2H3,(H,18,19). The van der Waals surface area contributed by atoms with E-state index in [1.165, 1.54) is 18.5 Å². The second-order valence-electron chi connectivity index (χ2n) is 4.68. The van der Waals surface area contributed by atoms with Gasteiger partial charge in [-0.1, -0.05) is 42.2 Å². The molecule has 0 atom stereocenters. The van der Waals surface area contributed by atoms with Crippen LogP contribution in [0.3, 0.4) is 0 Å². The highest BCUT2D eigenvalue weighted by Gasteiger charge is 2.17. The van der Waals surface area contributed by atoms with E-state index in [-0.39, 0.29) is 21.6 Å². The first-order valence-corrected chi connectivity index (χ1v) is 6.79. The zero-order chi connectivity index (χ0) is 14.7. The molecule has 0 saturated heterocycles. The maximum absolute atomic E-state index is 12.2. The quantitative estimate of drug-likeness (QED) is 0.871. The number of nitrogens with one attached hydrogen (secondary N) is 1. The number of carbonyl (C=O) groups excluding carboxylic acids is 1. The normalized spacial score (nSPS) is 10.8. The lowest BCUT2D eigenvalue weighted by Gasteiger charge is -2.07. The van der Waals surface area contributed by atoms with Crippen molar-refractivity contribution in [2.24, 2.45) is 5.92 Å². The number of halogens is 2. The summed E-state index contributed by atoms with van der Waals surface area (Å²) in [6, 6.07) is 1.50. The maximum Gasteiger partial charge on any atom is 0.257 e. The number of anilines is 1. The lowest BCUT2D eigenvalue weighted by Crippen LogP contribution is -2.13.